The fraction of sp³-hybridized carbons (Fsp3) is 0.414. The van der Waals surface area contributed by atoms with Crippen LogP contribution in [0.1, 0.15) is 63.3 Å². The maximum Gasteiger partial charge on any atom is 0.410 e. The Morgan fingerprint density at radius 3 is 2.62 bits per heavy atom. The van der Waals surface area contributed by atoms with Crippen LogP contribution in [0, 0.1) is 11.3 Å². The molecule has 0 N–H and O–H groups in total. The molecule has 2 atom stereocenters. The third-order valence-electron chi connectivity index (χ3n) is 6.13. The molecule has 1 aromatic heterocycles. The van der Waals surface area contributed by atoms with Crippen LogP contribution < -0.4 is 4.74 Å². The minimum absolute atomic E-state index is 0.115. The van der Waals surface area contributed by atoms with Crippen molar-refractivity contribution in [3.63, 3.8) is 0 Å². The first-order chi connectivity index (χ1) is 17.7. The number of carbonyl (C=O) groups excluding carboxylic acids is 2. The Morgan fingerprint density at radius 2 is 1.95 bits per heavy atom. The van der Waals surface area contributed by atoms with E-state index < -0.39 is 5.60 Å². The molecule has 0 spiro atoms. The van der Waals surface area contributed by atoms with Gasteiger partial charge in [0.15, 0.2) is 0 Å². The number of amides is 1. The van der Waals surface area contributed by atoms with Crippen molar-refractivity contribution in [1.82, 2.24) is 4.90 Å². The summed E-state index contributed by atoms with van der Waals surface area (Å²) < 4.78 is 22.7. The van der Waals surface area contributed by atoms with E-state index in [1.807, 2.05) is 51.1 Å². The zero-order valence-electron chi connectivity index (χ0n) is 21.7. The molecular formula is C29H32N2O6. The second-order valence-corrected chi connectivity index (χ2v) is 10.1. The lowest BCUT2D eigenvalue weighted by molar-refractivity contribution is -0.143. The zero-order chi connectivity index (χ0) is 26.6. The van der Waals surface area contributed by atoms with Crippen LogP contribution in [0.3, 0.4) is 0 Å². The van der Waals surface area contributed by atoms with Crippen LogP contribution in [0.15, 0.2) is 53.1 Å². The number of rotatable bonds is 7. The number of fused-ring (bicyclic) bond motifs is 1. The number of furan rings is 1. The van der Waals surface area contributed by atoms with E-state index in [1.54, 1.807) is 30.2 Å². The molecule has 1 amide bonds. The topological polar surface area (TPSA) is 102 Å². The van der Waals surface area contributed by atoms with Gasteiger partial charge < -0.3 is 23.5 Å². The second kappa shape index (κ2) is 11.0. The number of ether oxygens (including phenoxy) is 3. The standard InChI is InChI=1S/C29H32N2O6/c1-5-34-26(32)15-25(27-24-11-6-19(16-30)14-21(24)18-35-27)20-7-9-22(10-8-20)36-23-12-13-31(17-23)28(33)37-29(2,3)4/h6-11,14,18,23,25H,5,12-13,15,17H2,1-4H3/t23-,25?/m0/s1. The molecule has 0 aliphatic carbocycles. The Morgan fingerprint density at radius 1 is 1.19 bits per heavy atom. The van der Waals surface area contributed by atoms with Crippen molar-refractivity contribution in [3.8, 4) is 11.8 Å². The zero-order valence-corrected chi connectivity index (χ0v) is 21.7. The molecular weight excluding hydrogens is 472 g/mol. The van der Waals surface area contributed by atoms with Crippen LogP contribution in [0.2, 0.25) is 0 Å². The van der Waals surface area contributed by atoms with Crippen molar-refractivity contribution in [2.75, 3.05) is 19.7 Å². The van der Waals surface area contributed by atoms with E-state index in [-0.39, 0.29) is 30.5 Å². The minimum atomic E-state index is -0.538. The summed E-state index contributed by atoms with van der Waals surface area (Å²) in [4.78, 5) is 26.5. The molecule has 0 bridgehead atoms. The second-order valence-electron chi connectivity index (χ2n) is 10.1. The Hall–Kier alpha value is -3.99. The third kappa shape index (κ3) is 6.42. The highest BCUT2D eigenvalue weighted by molar-refractivity contribution is 5.87. The maximum absolute atomic E-state index is 12.5. The highest BCUT2D eigenvalue weighted by Crippen LogP contribution is 2.36. The molecule has 0 saturated carbocycles. The molecule has 1 aliphatic heterocycles. The number of hydrogen-bond donors (Lipinski definition) is 0. The van der Waals surface area contributed by atoms with E-state index in [1.165, 1.54) is 0 Å². The van der Waals surface area contributed by atoms with E-state index in [0.717, 1.165) is 22.8 Å². The van der Waals surface area contributed by atoms with Crippen molar-refractivity contribution in [2.45, 2.75) is 58.2 Å². The molecule has 3 aromatic rings. The fourth-order valence-corrected chi connectivity index (χ4v) is 4.45. The normalized spacial score (nSPS) is 16.3. The number of nitrogens with zero attached hydrogens (tertiary/aromatic N) is 2. The minimum Gasteiger partial charge on any atom is -0.489 e. The fourth-order valence-electron chi connectivity index (χ4n) is 4.45. The Bertz CT molecular complexity index is 1300. The van der Waals surface area contributed by atoms with Crippen LogP contribution in [0.5, 0.6) is 5.75 Å². The first-order valence-electron chi connectivity index (χ1n) is 12.5. The van der Waals surface area contributed by atoms with Crippen molar-refractivity contribution in [2.24, 2.45) is 0 Å². The van der Waals surface area contributed by atoms with Crippen molar-refractivity contribution in [3.05, 3.63) is 65.6 Å². The molecule has 194 valence electrons. The SMILES string of the molecule is CCOC(=O)CC(c1ccc(O[C@H]2CCN(C(=O)OC(C)(C)C)C2)cc1)c1occ2cc(C#N)ccc12. The molecule has 2 heterocycles. The summed E-state index contributed by atoms with van der Waals surface area (Å²) in [5.41, 5.74) is 0.881. The molecule has 37 heavy (non-hydrogen) atoms. The number of hydrogen-bond acceptors (Lipinski definition) is 7. The molecule has 1 fully saturated rings. The van der Waals surface area contributed by atoms with Gasteiger partial charge in [0, 0.05) is 23.7 Å². The summed E-state index contributed by atoms with van der Waals surface area (Å²) in [5.74, 6) is 0.634. The van der Waals surface area contributed by atoms with Crippen molar-refractivity contribution >= 4 is 22.8 Å². The lowest BCUT2D eigenvalue weighted by Crippen LogP contribution is -2.36. The van der Waals surface area contributed by atoms with Gasteiger partial charge in [0.2, 0.25) is 0 Å². The summed E-state index contributed by atoms with van der Waals surface area (Å²) in [6, 6.07) is 15.0. The van der Waals surface area contributed by atoms with Gasteiger partial charge in [-0.15, -0.1) is 0 Å². The molecule has 4 rings (SSSR count). The predicted octanol–water partition coefficient (Wildman–Crippen LogP) is 5.78. The van der Waals surface area contributed by atoms with Crippen molar-refractivity contribution in [1.29, 1.82) is 5.26 Å². The highest BCUT2D eigenvalue weighted by atomic mass is 16.6. The van der Waals surface area contributed by atoms with Gasteiger partial charge >= 0.3 is 12.1 Å². The van der Waals surface area contributed by atoms with E-state index in [0.29, 0.717) is 36.8 Å². The third-order valence-corrected chi connectivity index (χ3v) is 6.13. The molecule has 8 heteroatoms. The molecule has 0 radical (unpaired) electrons. The van der Waals surface area contributed by atoms with Gasteiger partial charge in [-0.25, -0.2) is 4.79 Å². The van der Waals surface area contributed by atoms with Crippen LogP contribution in [0.4, 0.5) is 4.79 Å². The molecule has 8 nitrogen and oxygen atoms in total. The number of esters is 1. The van der Waals surface area contributed by atoms with Gasteiger partial charge in [-0.05, 0) is 63.6 Å². The van der Waals surface area contributed by atoms with Gasteiger partial charge in [-0.1, -0.05) is 12.1 Å². The summed E-state index contributed by atoms with van der Waals surface area (Å²) >= 11 is 0. The quantitative estimate of drug-likeness (QED) is 0.376. The molecule has 1 unspecified atom stereocenters. The monoisotopic (exact) mass is 504 g/mol. The van der Waals surface area contributed by atoms with Crippen LogP contribution in [-0.2, 0) is 14.3 Å². The predicted molar refractivity (Wildman–Crippen MR) is 137 cm³/mol. The lowest BCUT2D eigenvalue weighted by Gasteiger charge is -2.24. The van der Waals surface area contributed by atoms with Crippen LogP contribution in [-0.4, -0.2) is 48.4 Å². The van der Waals surface area contributed by atoms with Crippen LogP contribution >= 0.6 is 0 Å². The van der Waals surface area contributed by atoms with Gasteiger partial charge in [0.25, 0.3) is 0 Å². The molecule has 1 aliphatic rings. The van der Waals surface area contributed by atoms with Crippen molar-refractivity contribution < 1.29 is 28.2 Å². The number of likely N-dealkylation sites (tertiary alicyclic amines) is 1. The van der Waals surface area contributed by atoms with E-state index >= 15 is 0 Å². The van der Waals surface area contributed by atoms with E-state index in [9.17, 15) is 14.9 Å². The number of carbonyl (C=O) groups is 2. The summed E-state index contributed by atoms with van der Waals surface area (Å²) in [5, 5.41) is 10.9. The summed E-state index contributed by atoms with van der Waals surface area (Å²) in [7, 11) is 0. The summed E-state index contributed by atoms with van der Waals surface area (Å²) in [6.07, 6.45) is 1.98. The average Bonchev–Trinajstić information content (AvgIpc) is 3.49. The van der Waals surface area contributed by atoms with Gasteiger partial charge in [-0.2, -0.15) is 5.26 Å². The maximum atomic E-state index is 12.5. The first kappa shape index (κ1) is 26.1. The number of benzene rings is 2. The van der Waals surface area contributed by atoms with E-state index in [4.69, 9.17) is 18.6 Å². The molecule has 1 saturated heterocycles. The Labute approximate surface area is 216 Å². The largest absolute Gasteiger partial charge is 0.489 e. The summed E-state index contributed by atoms with van der Waals surface area (Å²) in [6.45, 7) is 8.66. The Kier molecular flexibility index (Phi) is 7.72. The highest BCUT2D eigenvalue weighted by Gasteiger charge is 2.31. The van der Waals surface area contributed by atoms with Gasteiger partial charge in [-0.3, -0.25) is 4.79 Å². The van der Waals surface area contributed by atoms with Gasteiger partial charge in [0.1, 0.15) is 23.2 Å². The van der Waals surface area contributed by atoms with Crippen LogP contribution in [0.25, 0.3) is 10.8 Å². The molecule has 2 aromatic carbocycles. The van der Waals surface area contributed by atoms with E-state index in [2.05, 4.69) is 6.07 Å². The Balaban J connectivity index is 1.50. The average molecular weight is 505 g/mol. The first-order valence-corrected chi connectivity index (χ1v) is 12.5. The smallest absolute Gasteiger partial charge is 0.410 e. The van der Waals surface area contributed by atoms with Gasteiger partial charge in [0.05, 0.1) is 43.4 Å². The lowest BCUT2D eigenvalue weighted by atomic mass is 9.91. The number of nitriles is 1.